The monoisotopic (exact) mass is 238 g/mol. The van der Waals surface area contributed by atoms with E-state index in [0.29, 0.717) is 0 Å². The highest BCUT2D eigenvalue weighted by atomic mass is 79.9. The average molecular weight is 239 g/mol. The van der Waals surface area contributed by atoms with Gasteiger partial charge in [0.1, 0.15) is 0 Å². The van der Waals surface area contributed by atoms with Gasteiger partial charge in [-0.3, -0.25) is 0 Å². The van der Waals surface area contributed by atoms with E-state index in [-0.39, 0.29) is 0 Å². The molecule has 70 valence electrons. The van der Waals surface area contributed by atoms with Gasteiger partial charge >= 0.3 is 0 Å². The van der Waals surface area contributed by atoms with Gasteiger partial charge in [-0.15, -0.1) is 0 Å². The Morgan fingerprint density at radius 2 is 1.92 bits per heavy atom. The first kappa shape index (κ1) is 12.2. The Bertz CT molecular complexity index is 254. The van der Waals surface area contributed by atoms with E-state index in [1.807, 2.05) is 37.3 Å². The van der Waals surface area contributed by atoms with Gasteiger partial charge in [0.25, 0.3) is 0 Å². The van der Waals surface area contributed by atoms with Crippen molar-refractivity contribution in [1.29, 1.82) is 0 Å². The minimum atomic E-state index is 0.867. The number of rotatable bonds is 5. The predicted molar refractivity (Wildman–Crippen MR) is 64.9 cm³/mol. The van der Waals surface area contributed by atoms with Crippen LogP contribution in [0, 0.1) is 0 Å². The van der Waals surface area contributed by atoms with Gasteiger partial charge in [-0.25, -0.2) is 0 Å². The summed E-state index contributed by atoms with van der Waals surface area (Å²) in [5, 5.41) is 0. The second kappa shape index (κ2) is 7.81. The van der Waals surface area contributed by atoms with Crippen LogP contribution in [0.15, 0.2) is 59.7 Å². The van der Waals surface area contributed by atoms with Crippen molar-refractivity contribution in [1.82, 2.24) is 0 Å². The number of hydrogen-bond donors (Lipinski definition) is 0. The first-order valence-electron chi connectivity index (χ1n) is 4.15. The fourth-order valence-corrected chi connectivity index (χ4v) is 0.818. The molecule has 0 saturated carbocycles. The lowest BCUT2D eigenvalue weighted by molar-refractivity contribution is 1.30. The third-order valence-electron chi connectivity index (χ3n) is 1.32. The van der Waals surface area contributed by atoms with Gasteiger partial charge in [-0.2, -0.15) is 0 Å². The van der Waals surface area contributed by atoms with Gasteiger partial charge in [0.15, 0.2) is 0 Å². The Labute approximate surface area is 89.2 Å². The molecule has 0 amide bonds. The van der Waals surface area contributed by atoms with Crippen LogP contribution < -0.4 is 0 Å². The molecule has 0 aliphatic rings. The predicted octanol–water partition coefficient (Wildman–Crippen LogP) is 4.53. The second-order valence-corrected chi connectivity index (χ2v) is 3.62. The molecule has 13 heavy (non-hydrogen) atoms. The summed E-state index contributed by atoms with van der Waals surface area (Å²) in [4.78, 5) is 0. The van der Waals surface area contributed by atoms with Gasteiger partial charge in [-0.05, 0) is 19.4 Å². The molecule has 0 radical (unpaired) electrons. The molecule has 0 fully saturated rings. The number of allylic oxidation sites excluding steroid dienone is 8. The van der Waals surface area contributed by atoms with E-state index >= 15 is 0 Å². The summed E-state index contributed by atoms with van der Waals surface area (Å²) in [7, 11) is 0. The quantitative estimate of drug-likeness (QED) is 0.618. The van der Waals surface area contributed by atoms with Crippen molar-refractivity contribution >= 4 is 15.9 Å². The van der Waals surface area contributed by atoms with Crippen molar-refractivity contribution in [3.63, 3.8) is 0 Å². The number of hydrogen-bond acceptors (Lipinski definition) is 0. The molecule has 0 rings (SSSR count). The van der Waals surface area contributed by atoms with E-state index in [0.717, 1.165) is 16.5 Å². The van der Waals surface area contributed by atoms with Crippen LogP contribution >= 0.6 is 15.9 Å². The highest BCUT2D eigenvalue weighted by molar-refractivity contribution is 9.11. The second-order valence-electron chi connectivity index (χ2n) is 2.60. The third-order valence-corrected chi connectivity index (χ3v) is 1.58. The molecule has 0 aliphatic carbocycles. The Hall–Kier alpha value is -0.820. The average Bonchev–Trinajstić information content (AvgIpc) is 2.09. The molecular weight excluding hydrogens is 224 g/mol. The van der Waals surface area contributed by atoms with E-state index < -0.39 is 0 Å². The highest BCUT2D eigenvalue weighted by Gasteiger charge is 1.83. The van der Waals surface area contributed by atoms with E-state index in [1.54, 1.807) is 0 Å². The van der Waals surface area contributed by atoms with Crippen molar-refractivity contribution in [2.45, 2.75) is 13.3 Å². The van der Waals surface area contributed by atoms with Crippen LogP contribution in [0.1, 0.15) is 13.3 Å². The van der Waals surface area contributed by atoms with Crippen LogP contribution in [0.25, 0.3) is 0 Å². The van der Waals surface area contributed by atoms with E-state index in [9.17, 15) is 0 Å². The SMILES string of the molecule is C=C(Br)/C=C\C(=C)C/C=C\C=C/C. The standard InChI is InChI=1S/C12H15Br/c1-4-5-6-7-8-11(2)9-10-12(3)13/h4-7,9-10H,2-3,8H2,1H3/b5-4-,7-6-,10-9-. The lowest BCUT2D eigenvalue weighted by Gasteiger charge is -1.91. The molecule has 0 atom stereocenters. The molecule has 0 aromatic heterocycles. The van der Waals surface area contributed by atoms with Crippen molar-refractivity contribution in [3.05, 3.63) is 59.7 Å². The third kappa shape index (κ3) is 9.09. The molecule has 1 heteroatoms. The van der Waals surface area contributed by atoms with Crippen LogP contribution in [0.5, 0.6) is 0 Å². The fraction of sp³-hybridized carbons (Fsp3) is 0.167. The summed E-state index contributed by atoms with van der Waals surface area (Å²) in [6.45, 7) is 9.59. The molecule has 0 heterocycles. The fourth-order valence-electron chi connectivity index (χ4n) is 0.685. The van der Waals surface area contributed by atoms with Crippen LogP contribution in [0.2, 0.25) is 0 Å². The lowest BCUT2D eigenvalue weighted by Crippen LogP contribution is -1.71. The molecule has 0 saturated heterocycles. The Morgan fingerprint density at radius 1 is 1.23 bits per heavy atom. The lowest BCUT2D eigenvalue weighted by atomic mass is 10.2. The smallest absolute Gasteiger partial charge is 0.0103 e. The summed E-state index contributed by atoms with van der Waals surface area (Å²) in [6.07, 6.45) is 12.8. The Balaban J connectivity index is 3.82. The molecule has 0 N–H and O–H groups in total. The first-order valence-corrected chi connectivity index (χ1v) is 4.94. The molecule has 0 aliphatic heterocycles. The van der Waals surface area contributed by atoms with Gasteiger partial charge in [-0.1, -0.05) is 65.0 Å². The molecular formula is C12H15Br. The van der Waals surface area contributed by atoms with Gasteiger partial charge in [0.2, 0.25) is 0 Å². The largest absolute Gasteiger partial charge is 0.0955 e. The van der Waals surface area contributed by atoms with Crippen molar-refractivity contribution in [3.8, 4) is 0 Å². The summed E-state index contributed by atoms with van der Waals surface area (Å²) in [5.74, 6) is 0. The zero-order valence-corrected chi connectivity index (χ0v) is 9.55. The summed E-state index contributed by atoms with van der Waals surface area (Å²) in [6, 6.07) is 0. The molecule has 0 unspecified atom stereocenters. The minimum Gasteiger partial charge on any atom is -0.0955 e. The van der Waals surface area contributed by atoms with E-state index in [1.165, 1.54) is 0 Å². The minimum absolute atomic E-state index is 0.867. The summed E-state index contributed by atoms with van der Waals surface area (Å²) < 4.78 is 0.867. The van der Waals surface area contributed by atoms with Crippen molar-refractivity contribution in [2.75, 3.05) is 0 Å². The number of halogens is 1. The molecule has 0 spiro atoms. The Morgan fingerprint density at radius 3 is 2.46 bits per heavy atom. The molecule has 0 nitrogen and oxygen atoms in total. The topological polar surface area (TPSA) is 0 Å². The van der Waals surface area contributed by atoms with E-state index in [4.69, 9.17) is 0 Å². The summed E-state index contributed by atoms with van der Waals surface area (Å²) in [5.41, 5.74) is 1.07. The van der Waals surface area contributed by atoms with Crippen LogP contribution in [-0.4, -0.2) is 0 Å². The van der Waals surface area contributed by atoms with Crippen LogP contribution in [0.4, 0.5) is 0 Å². The van der Waals surface area contributed by atoms with E-state index in [2.05, 4.69) is 35.2 Å². The first-order chi connectivity index (χ1) is 6.16. The van der Waals surface area contributed by atoms with Gasteiger partial charge in [0.05, 0.1) is 0 Å². The van der Waals surface area contributed by atoms with Crippen molar-refractivity contribution < 1.29 is 0 Å². The molecule has 0 bridgehead atoms. The van der Waals surface area contributed by atoms with Crippen LogP contribution in [-0.2, 0) is 0 Å². The maximum absolute atomic E-state index is 3.90. The highest BCUT2D eigenvalue weighted by Crippen LogP contribution is 2.07. The normalized spacial score (nSPS) is 11.8. The zero-order valence-electron chi connectivity index (χ0n) is 7.96. The maximum Gasteiger partial charge on any atom is 0.0103 e. The molecule has 0 aromatic carbocycles. The van der Waals surface area contributed by atoms with Gasteiger partial charge < -0.3 is 0 Å². The zero-order chi connectivity index (χ0) is 10.1. The maximum atomic E-state index is 3.90. The Kier molecular flexibility index (Phi) is 7.32. The van der Waals surface area contributed by atoms with Gasteiger partial charge in [0, 0.05) is 4.48 Å². The van der Waals surface area contributed by atoms with Crippen molar-refractivity contribution in [2.24, 2.45) is 0 Å². The molecule has 0 aromatic rings. The summed E-state index contributed by atoms with van der Waals surface area (Å²) >= 11 is 3.24. The van der Waals surface area contributed by atoms with Crippen LogP contribution in [0.3, 0.4) is 0 Å².